The molecule has 2 rings (SSSR count). The zero-order chi connectivity index (χ0) is 13.6. The summed E-state index contributed by atoms with van der Waals surface area (Å²) in [6.07, 6.45) is 1.20. The molecular weight excluding hydrogens is 255 g/mol. The molecule has 0 heterocycles. The summed E-state index contributed by atoms with van der Waals surface area (Å²) in [5, 5.41) is -0.564. The predicted octanol–water partition coefficient (Wildman–Crippen LogP) is 0.240. The van der Waals surface area contributed by atoms with Gasteiger partial charge in [0.25, 0.3) is 0 Å². The molecule has 2 atom stereocenters. The van der Waals surface area contributed by atoms with E-state index in [1.54, 1.807) is 12.1 Å². The van der Waals surface area contributed by atoms with Gasteiger partial charge in [0.2, 0.25) is 0 Å². The highest BCUT2D eigenvalue weighted by atomic mass is 32.2. The van der Waals surface area contributed by atoms with Crippen molar-refractivity contribution in [1.29, 1.82) is 0 Å². The molecule has 6 heteroatoms. The molecule has 0 spiro atoms. The van der Waals surface area contributed by atoms with Gasteiger partial charge < -0.3 is 11.5 Å². The summed E-state index contributed by atoms with van der Waals surface area (Å²) >= 11 is 0. The lowest BCUT2D eigenvalue weighted by molar-refractivity contribution is 0.510. The van der Waals surface area contributed by atoms with Crippen molar-refractivity contribution in [2.75, 3.05) is 19.3 Å². The average molecular weight is 272 g/mol. The van der Waals surface area contributed by atoms with Crippen LogP contribution in [0.3, 0.4) is 0 Å². The van der Waals surface area contributed by atoms with Gasteiger partial charge in [0.05, 0.1) is 5.25 Å². The van der Waals surface area contributed by atoms with Crippen LogP contribution in [-0.4, -0.2) is 33.0 Å². The lowest BCUT2D eigenvalue weighted by Crippen LogP contribution is -2.31. The van der Waals surface area contributed by atoms with Crippen molar-refractivity contribution in [3.63, 3.8) is 0 Å². The molecule has 1 aromatic carbocycles. The zero-order valence-electron chi connectivity index (χ0n) is 10.1. The Kier molecular flexibility index (Phi) is 3.21. The van der Waals surface area contributed by atoms with Crippen LogP contribution < -0.4 is 11.5 Å². The fraction of sp³-hybridized carbons (Fsp3) is 0.500. The van der Waals surface area contributed by atoms with E-state index in [-0.39, 0.29) is 24.8 Å². The van der Waals surface area contributed by atoms with Crippen LogP contribution in [-0.2, 0) is 9.84 Å². The maximum atomic E-state index is 12.9. The third kappa shape index (κ3) is 1.94. The molecule has 100 valence electrons. The van der Waals surface area contributed by atoms with E-state index in [0.29, 0.717) is 0 Å². The van der Waals surface area contributed by atoms with Crippen LogP contribution in [0.1, 0.15) is 11.5 Å². The van der Waals surface area contributed by atoms with Crippen LogP contribution >= 0.6 is 0 Å². The molecule has 1 aliphatic carbocycles. The smallest absolute Gasteiger partial charge is 0.151 e. The molecule has 1 aliphatic rings. The van der Waals surface area contributed by atoms with E-state index in [0.717, 1.165) is 5.56 Å². The van der Waals surface area contributed by atoms with E-state index in [9.17, 15) is 12.8 Å². The lowest BCUT2D eigenvalue weighted by atomic mass is 9.99. The normalized spacial score (nSPS) is 26.0. The number of halogens is 1. The number of rotatable bonds is 4. The van der Waals surface area contributed by atoms with Crippen molar-refractivity contribution in [2.45, 2.75) is 11.2 Å². The molecule has 1 aromatic rings. The minimum absolute atomic E-state index is 0.212. The molecule has 1 fully saturated rings. The van der Waals surface area contributed by atoms with Gasteiger partial charge in [-0.2, -0.15) is 0 Å². The van der Waals surface area contributed by atoms with Crippen LogP contribution in [0.25, 0.3) is 0 Å². The topological polar surface area (TPSA) is 86.2 Å². The Morgan fingerprint density at radius 2 is 1.72 bits per heavy atom. The first-order chi connectivity index (χ1) is 8.36. The van der Waals surface area contributed by atoms with Gasteiger partial charge in [0.15, 0.2) is 9.84 Å². The van der Waals surface area contributed by atoms with Crippen LogP contribution in [0.15, 0.2) is 24.3 Å². The first kappa shape index (κ1) is 13.5. The van der Waals surface area contributed by atoms with Gasteiger partial charge in [0.1, 0.15) is 5.82 Å². The lowest BCUT2D eigenvalue weighted by Gasteiger charge is -2.11. The maximum Gasteiger partial charge on any atom is 0.151 e. The summed E-state index contributed by atoms with van der Waals surface area (Å²) < 4.78 is 36.5. The highest BCUT2D eigenvalue weighted by Gasteiger charge is 2.68. The summed E-state index contributed by atoms with van der Waals surface area (Å²) in [4.78, 5) is 0. The Labute approximate surface area is 106 Å². The number of benzene rings is 1. The van der Waals surface area contributed by atoms with Crippen molar-refractivity contribution in [3.05, 3.63) is 35.6 Å². The Morgan fingerprint density at radius 3 is 2.06 bits per heavy atom. The molecule has 0 bridgehead atoms. The van der Waals surface area contributed by atoms with Gasteiger partial charge in [-0.1, -0.05) is 12.1 Å². The number of nitrogens with two attached hydrogens (primary N) is 2. The van der Waals surface area contributed by atoms with Gasteiger partial charge in [0, 0.05) is 30.7 Å². The molecule has 1 saturated carbocycles. The SMILES string of the molecule is CS(=O)(=O)[C@@H]1[C@H](c2ccc(F)cc2)C1(CN)CN. The molecule has 0 unspecified atom stereocenters. The monoisotopic (exact) mass is 272 g/mol. The molecule has 4 N–H and O–H groups in total. The summed E-state index contributed by atoms with van der Waals surface area (Å²) in [7, 11) is -3.22. The minimum Gasteiger partial charge on any atom is -0.330 e. The first-order valence-electron chi connectivity index (χ1n) is 5.71. The van der Waals surface area contributed by atoms with Gasteiger partial charge in [-0.3, -0.25) is 0 Å². The summed E-state index contributed by atoms with van der Waals surface area (Å²) in [5.74, 6) is -0.579. The van der Waals surface area contributed by atoms with Gasteiger partial charge in [-0.05, 0) is 17.7 Å². The highest BCUT2D eigenvalue weighted by molar-refractivity contribution is 7.91. The van der Waals surface area contributed by atoms with Crippen molar-refractivity contribution in [2.24, 2.45) is 16.9 Å². The quantitative estimate of drug-likeness (QED) is 0.822. The molecular formula is C12H17FN2O2S. The second kappa shape index (κ2) is 4.29. The second-order valence-corrected chi connectivity index (χ2v) is 7.09. The average Bonchev–Trinajstić information content (AvgIpc) is 3.00. The van der Waals surface area contributed by atoms with E-state index in [1.165, 1.54) is 18.4 Å². The fourth-order valence-corrected chi connectivity index (χ4v) is 4.91. The van der Waals surface area contributed by atoms with Crippen LogP contribution in [0.4, 0.5) is 4.39 Å². The van der Waals surface area contributed by atoms with E-state index in [1.807, 2.05) is 0 Å². The van der Waals surface area contributed by atoms with Crippen molar-refractivity contribution >= 4 is 9.84 Å². The first-order valence-corrected chi connectivity index (χ1v) is 7.67. The van der Waals surface area contributed by atoms with Crippen LogP contribution in [0.5, 0.6) is 0 Å². The highest BCUT2D eigenvalue weighted by Crippen LogP contribution is 2.61. The second-order valence-electron chi connectivity index (χ2n) is 4.92. The Balaban J connectivity index is 2.41. The molecule has 0 radical (unpaired) electrons. The Hall–Kier alpha value is -0.980. The summed E-state index contributed by atoms with van der Waals surface area (Å²) in [5.41, 5.74) is 11.6. The Morgan fingerprint density at radius 1 is 1.22 bits per heavy atom. The largest absolute Gasteiger partial charge is 0.330 e. The van der Waals surface area contributed by atoms with E-state index < -0.39 is 20.5 Å². The fourth-order valence-electron chi connectivity index (χ4n) is 2.87. The van der Waals surface area contributed by atoms with Gasteiger partial charge in [-0.15, -0.1) is 0 Å². The van der Waals surface area contributed by atoms with Crippen LogP contribution in [0.2, 0.25) is 0 Å². The standard InChI is InChI=1S/C12H17FN2O2S/c1-18(16,17)11-10(12(11,6-14)7-15)8-2-4-9(13)5-3-8/h2-5,10-11H,6-7,14-15H2,1H3/t10-,11+/m0/s1. The zero-order valence-corrected chi connectivity index (χ0v) is 11.0. The molecule has 0 aliphatic heterocycles. The minimum atomic E-state index is -3.22. The molecule has 0 aromatic heterocycles. The Bertz CT molecular complexity index is 538. The molecule has 0 saturated heterocycles. The molecule has 4 nitrogen and oxygen atoms in total. The predicted molar refractivity (Wildman–Crippen MR) is 68.3 cm³/mol. The van der Waals surface area contributed by atoms with Gasteiger partial charge >= 0.3 is 0 Å². The van der Waals surface area contributed by atoms with E-state index in [4.69, 9.17) is 11.5 Å². The van der Waals surface area contributed by atoms with Crippen molar-refractivity contribution in [1.82, 2.24) is 0 Å². The van der Waals surface area contributed by atoms with Crippen molar-refractivity contribution in [3.8, 4) is 0 Å². The van der Waals surface area contributed by atoms with E-state index >= 15 is 0 Å². The number of hydrogen-bond acceptors (Lipinski definition) is 4. The summed E-state index contributed by atoms with van der Waals surface area (Å²) in [6, 6.07) is 5.85. The third-order valence-corrected chi connectivity index (χ3v) is 5.49. The van der Waals surface area contributed by atoms with Crippen molar-refractivity contribution < 1.29 is 12.8 Å². The van der Waals surface area contributed by atoms with Gasteiger partial charge in [-0.25, -0.2) is 12.8 Å². The molecule has 0 amide bonds. The molecule has 18 heavy (non-hydrogen) atoms. The number of sulfone groups is 1. The van der Waals surface area contributed by atoms with Crippen LogP contribution in [0, 0.1) is 11.2 Å². The summed E-state index contributed by atoms with van der Waals surface area (Å²) in [6.45, 7) is 0.423. The maximum absolute atomic E-state index is 12.9. The van der Waals surface area contributed by atoms with E-state index in [2.05, 4.69) is 0 Å². The number of hydrogen-bond donors (Lipinski definition) is 2. The third-order valence-electron chi connectivity index (χ3n) is 3.83.